The number of carbonyl (C=O) groups is 1. The molecule has 4 atom stereocenters. The van der Waals surface area contributed by atoms with E-state index >= 15 is 0 Å². The molecule has 1 aliphatic carbocycles. The standard InChI is InChI=1S/C16H24N6O4/c1-7(2)11(17)15(25)26-5-8-3-10(9(8)4-23)22-6-19-12-13(22)20-16(18)21-14(12)24/h6-11,23H,3-5,17H2,1-2H3,(H3,18,20,21,24)/t8-,9-,10-,11+/m1/s1. The zero-order valence-electron chi connectivity index (χ0n) is 14.8. The van der Waals surface area contributed by atoms with Crippen molar-refractivity contribution in [2.75, 3.05) is 18.9 Å². The molecular formula is C16H24N6O4. The second kappa shape index (κ2) is 7.04. The van der Waals surface area contributed by atoms with Crippen molar-refractivity contribution in [1.82, 2.24) is 19.5 Å². The molecule has 142 valence electrons. The Bertz CT molecular complexity index is 860. The maximum Gasteiger partial charge on any atom is 0.323 e. The molecular weight excluding hydrogens is 340 g/mol. The van der Waals surface area contributed by atoms with Gasteiger partial charge in [0.05, 0.1) is 12.9 Å². The summed E-state index contributed by atoms with van der Waals surface area (Å²) < 4.78 is 7.05. The van der Waals surface area contributed by atoms with Gasteiger partial charge in [0.25, 0.3) is 5.56 Å². The fourth-order valence-corrected chi connectivity index (χ4v) is 3.30. The van der Waals surface area contributed by atoms with Crippen molar-refractivity contribution in [3.05, 3.63) is 16.7 Å². The highest BCUT2D eigenvalue weighted by molar-refractivity contribution is 5.75. The largest absolute Gasteiger partial charge is 0.464 e. The summed E-state index contributed by atoms with van der Waals surface area (Å²) in [4.78, 5) is 34.4. The number of nitrogens with zero attached hydrogens (tertiary/aromatic N) is 3. The van der Waals surface area contributed by atoms with Gasteiger partial charge in [0.15, 0.2) is 11.2 Å². The maximum atomic E-state index is 11.9. The van der Waals surface area contributed by atoms with Gasteiger partial charge in [-0.2, -0.15) is 4.98 Å². The Morgan fingerprint density at radius 3 is 2.92 bits per heavy atom. The van der Waals surface area contributed by atoms with E-state index in [1.54, 1.807) is 4.57 Å². The number of ether oxygens (including phenoxy) is 1. The van der Waals surface area contributed by atoms with Gasteiger partial charge < -0.3 is 25.9 Å². The number of nitrogens with two attached hydrogens (primary N) is 2. The van der Waals surface area contributed by atoms with Crippen LogP contribution in [0, 0.1) is 17.8 Å². The van der Waals surface area contributed by atoms with Crippen LogP contribution in [0.25, 0.3) is 11.2 Å². The predicted molar refractivity (Wildman–Crippen MR) is 94.1 cm³/mol. The van der Waals surface area contributed by atoms with E-state index in [1.807, 2.05) is 13.8 Å². The SMILES string of the molecule is CC(C)[C@H](N)C(=O)OC[C@H]1C[C@@H](n2cnc3c(=O)[nH]c(N)nc32)[C@@H]1CO. The van der Waals surface area contributed by atoms with E-state index in [0.717, 1.165) is 0 Å². The number of rotatable bonds is 6. The zero-order chi connectivity index (χ0) is 19.0. The second-order valence-corrected chi connectivity index (χ2v) is 7.08. The van der Waals surface area contributed by atoms with Crippen LogP contribution in [0.4, 0.5) is 5.95 Å². The van der Waals surface area contributed by atoms with Crippen molar-refractivity contribution in [2.24, 2.45) is 23.5 Å². The molecule has 1 aliphatic rings. The van der Waals surface area contributed by atoms with Crippen LogP contribution in [0.15, 0.2) is 11.1 Å². The fraction of sp³-hybridized carbons (Fsp3) is 0.625. The van der Waals surface area contributed by atoms with Gasteiger partial charge in [-0.3, -0.25) is 14.6 Å². The van der Waals surface area contributed by atoms with Crippen LogP contribution < -0.4 is 17.0 Å². The second-order valence-electron chi connectivity index (χ2n) is 7.08. The van der Waals surface area contributed by atoms with Crippen LogP contribution in [0.5, 0.6) is 0 Å². The Morgan fingerprint density at radius 2 is 2.27 bits per heavy atom. The van der Waals surface area contributed by atoms with Gasteiger partial charge in [0.1, 0.15) is 6.04 Å². The summed E-state index contributed by atoms with van der Waals surface area (Å²) in [6.45, 7) is 3.82. The number of H-pyrrole nitrogens is 1. The lowest BCUT2D eigenvalue weighted by molar-refractivity contribution is -0.151. The van der Waals surface area contributed by atoms with Crippen LogP contribution in [0.2, 0.25) is 0 Å². The third kappa shape index (κ3) is 3.17. The first-order chi connectivity index (χ1) is 12.3. The quantitative estimate of drug-likeness (QED) is 0.494. The van der Waals surface area contributed by atoms with E-state index in [-0.39, 0.29) is 48.5 Å². The molecule has 0 spiro atoms. The number of esters is 1. The molecule has 6 N–H and O–H groups in total. The van der Waals surface area contributed by atoms with Crippen LogP contribution in [0.3, 0.4) is 0 Å². The van der Waals surface area contributed by atoms with Gasteiger partial charge in [-0.15, -0.1) is 0 Å². The van der Waals surface area contributed by atoms with Crippen molar-refractivity contribution in [3.63, 3.8) is 0 Å². The predicted octanol–water partition coefficient (Wildman–Crippen LogP) is -0.602. The molecule has 0 aliphatic heterocycles. The highest BCUT2D eigenvalue weighted by Gasteiger charge is 2.43. The summed E-state index contributed by atoms with van der Waals surface area (Å²) in [7, 11) is 0. The smallest absolute Gasteiger partial charge is 0.323 e. The topological polar surface area (TPSA) is 162 Å². The van der Waals surface area contributed by atoms with E-state index in [9.17, 15) is 14.7 Å². The molecule has 10 heteroatoms. The van der Waals surface area contributed by atoms with Crippen LogP contribution in [-0.2, 0) is 9.53 Å². The van der Waals surface area contributed by atoms with Gasteiger partial charge in [-0.05, 0) is 12.3 Å². The molecule has 0 bridgehead atoms. The molecule has 0 unspecified atom stereocenters. The molecule has 0 amide bonds. The van der Waals surface area contributed by atoms with Gasteiger partial charge in [0.2, 0.25) is 5.95 Å². The van der Waals surface area contributed by atoms with Gasteiger partial charge in [-0.1, -0.05) is 13.8 Å². The summed E-state index contributed by atoms with van der Waals surface area (Å²) in [5, 5.41) is 9.76. The number of nitrogens with one attached hydrogen (secondary N) is 1. The first-order valence-corrected chi connectivity index (χ1v) is 8.58. The lowest BCUT2D eigenvalue weighted by Crippen LogP contribution is -2.45. The van der Waals surface area contributed by atoms with Gasteiger partial charge in [0, 0.05) is 24.5 Å². The van der Waals surface area contributed by atoms with Crippen molar-refractivity contribution in [1.29, 1.82) is 0 Å². The summed E-state index contributed by atoms with van der Waals surface area (Å²) in [6, 6.07) is -0.754. The number of aromatic nitrogens is 4. The van der Waals surface area contributed by atoms with Crippen molar-refractivity contribution >= 4 is 23.1 Å². The van der Waals surface area contributed by atoms with Gasteiger partial charge >= 0.3 is 5.97 Å². The monoisotopic (exact) mass is 364 g/mol. The number of nitrogen functional groups attached to an aromatic ring is 1. The average Bonchev–Trinajstić information content (AvgIpc) is 2.97. The molecule has 1 fully saturated rings. The minimum atomic E-state index is -0.657. The third-order valence-electron chi connectivity index (χ3n) is 5.09. The average molecular weight is 364 g/mol. The molecule has 2 aromatic heterocycles. The zero-order valence-corrected chi connectivity index (χ0v) is 14.8. The first kappa shape index (κ1) is 18.3. The van der Waals surface area contributed by atoms with E-state index < -0.39 is 17.6 Å². The molecule has 1 saturated carbocycles. The molecule has 0 radical (unpaired) electrons. The van der Waals surface area contributed by atoms with Crippen LogP contribution in [-0.4, -0.2) is 49.9 Å². The maximum absolute atomic E-state index is 11.9. The van der Waals surface area contributed by atoms with Crippen molar-refractivity contribution in [2.45, 2.75) is 32.4 Å². The summed E-state index contributed by atoms with van der Waals surface area (Å²) in [5.74, 6) is -0.563. The number of imidazole rings is 1. The summed E-state index contributed by atoms with van der Waals surface area (Å²) >= 11 is 0. The molecule has 2 aromatic rings. The number of fused-ring (bicyclic) bond motifs is 1. The normalized spacial score (nSPS) is 23.8. The molecule has 0 aromatic carbocycles. The fourth-order valence-electron chi connectivity index (χ4n) is 3.30. The van der Waals surface area contributed by atoms with E-state index in [1.165, 1.54) is 6.33 Å². The van der Waals surface area contributed by atoms with Crippen molar-refractivity contribution in [3.8, 4) is 0 Å². The number of aromatic amines is 1. The lowest BCUT2D eigenvalue weighted by Gasteiger charge is -2.44. The Hall–Kier alpha value is -2.46. The van der Waals surface area contributed by atoms with E-state index in [0.29, 0.717) is 12.1 Å². The van der Waals surface area contributed by atoms with Crippen LogP contribution in [0.1, 0.15) is 26.3 Å². The number of hydrogen-bond donors (Lipinski definition) is 4. The summed E-state index contributed by atoms with van der Waals surface area (Å²) in [6.07, 6.45) is 2.19. The Morgan fingerprint density at radius 1 is 1.54 bits per heavy atom. The van der Waals surface area contributed by atoms with Crippen LogP contribution >= 0.6 is 0 Å². The highest BCUT2D eigenvalue weighted by atomic mass is 16.5. The molecule has 2 heterocycles. The molecule has 26 heavy (non-hydrogen) atoms. The molecule has 3 rings (SSSR count). The number of hydrogen-bond acceptors (Lipinski definition) is 8. The highest BCUT2D eigenvalue weighted by Crippen LogP contribution is 2.44. The van der Waals surface area contributed by atoms with Gasteiger partial charge in [-0.25, -0.2) is 4.98 Å². The van der Waals surface area contributed by atoms with E-state index in [2.05, 4.69) is 15.0 Å². The Kier molecular flexibility index (Phi) is 4.97. The minimum Gasteiger partial charge on any atom is -0.464 e. The Balaban J connectivity index is 1.71. The molecule has 0 saturated heterocycles. The van der Waals surface area contributed by atoms with Crippen molar-refractivity contribution < 1.29 is 14.6 Å². The lowest BCUT2D eigenvalue weighted by atomic mass is 9.70. The summed E-state index contributed by atoms with van der Waals surface area (Å²) in [5.41, 5.74) is 11.6. The minimum absolute atomic E-state index is 0.00258. The first-order valence-electron chi connectivity index (χ1n) is 8.58. The Labute approximate surface area is 149 Å². The number of anilines is 1. The number of aliphatic hydroxyl groups is 1. The molecule has 10 nitrogen and oxygen atoms in total. The van der Waals surface area contributed by atoms with E-state index in [4.69, 9.17) is 16.2 Å². The number of aliphatic hydroxyl groups excluding tert-OH is 1. The third-order valence-corrected chi connectivity index (χ3v) is 5.09. The number of carbonyl (C=O) groups excluding carboxylic acids is 1.